The molecule has 0 bridgehead atoms. The number of aromatic nitrogens is 2. The van der Waals surface area contributed by atoms with E-state index in [1.165, 1.54) is 0 Å². The fraction of sp³-hybridized carbons (Fsp3) is 0.0952. The van der Waals surface area contributed by atoms with E-state index in [-0.39, 0.29) is 0 Å². The summed E-state index contributed by atoms with van der Waals surface area (Å²) < 4.78 is 18.7. The minimum absolute atomic E-state index is 0.648. The largest absolute Gasteiger partial charge is 0.497 e. The average Bonchev–Trinajstić information content (AvgIpc) is 3.13. The number of fused-ring (bicyclic) bond motifs is 1. The normalized spacial score (nSPS) is 10.7. The van der Waals surface area contributed by atoms with Crippen LogP contribution in [0.25, 0.3) is 16.9 Å². The maximum Gasteiger partial charge on any atom is 0.169 e. The summed E-state index contributed by atoms with van der Waals surface area (Å²) in [6.45, 7) is 0. The Morgan fingerprint density at radius 2 is 1.62 bits per heavy atom. The van der Waals surface area contributed by atoms with Gasteiger partial charge >= 0.3 is 0 Å². The number of imidazole rings is 1. The quantitative estimate of drug-likeness (QED) is 0.520. The fourth-order valence-electron chi connectivity index (χ4n) is 2.83. The molecule has 5 nitrogen and oxygen atoms in total. The molecular formula is C21H18N2O3. The Bertz CT molecular complexity index is 1040. The summed E-state index contributed by atoms with van der Waals surface area (Å²) in [7, 11) is 3.27. The van der Waals surface area contributed by atoms with Crippen molar-refractivity contribution >= 4 is 5.65 Å². The van der Waals surface area contributed by atoms with E-state index in [9.17, 15) is 0 Å². The first-order valence-corrected chi connectivity index (χ1v) is 8.21. The van der Waals surface area contributed by atoms with E-state index in [0.29, 0.717) is 17.2 Å². The van der Waals surface area contributed by atoms with E-state index in [2.05, 4.69) is 4.98 Å². The molecule has 2 aromatic heterocycles. The summed E-state index contributed by atoms with van der Waals surface area (Å²) in [5.74, 6) is 2.80. The third-order valence-corrected chi connectivity index (χ3v) is 4.16. The minimum atomic E-state index is 0.648. The van der Waals surface area contributed by atoms with Gasteiger partial charge in [0.05, 0.1) is 26.1 Å². The molecule has 0 unspecified atom stereocenters. The van der Waals surface area contributed by atoms with E-state index in [1.54, 1.807) is 14.2 Å². The Morgan fingerprint density at radius 1 is 0.808 bits per heavy atom. The molecule has 0 aliphatic carbocycles. The van der Waals surface area contributed by atoms with Crippen molar-refractivity contribution in [2.75, 3.05) is 14.2 Å². The maximum absolute atomic E-state index is 5.96. The van der Waals surface area contributed by atoms with Crippen molar-refractivity contribution in [3.8, 4) is 34.3 Å². The molecule has 0 atom stereocenters. The topological polar surface area (TPSA) is 45.0 Å². The number of nitrogens with zero attached hydrogens (tertiary/aromatic N) is 2. The number of benzene rings is 2. The first kappa shape index (κ1) is 16.0. The zero-order chi connectivity index (χ0) is 17.9. The number of methoxy groups -OCH3 is 2. The van der Waals surface area contributed by atoms with Gasteiger partial charge in [-0.2, -0.15) is 0 Å². The summed E-state index contributed by atoms with van der Waals surface area (Å²) >= 11 is 0. The number of ether oxygens (including phenoxy) is 3. The van der Waals surface area contributed by atoms with Crippen LogP contribution in [-0.2, 0) is 0 Å². The molecule has 0 fully saturated rings. The second-order valence-electron chi connectivity index (χ2n) is 5.72. The van der Waals surface area contributed by atoms with Crippen molar-refractivity contribution in [3.63, 3.8) is 0 Å². The highest BCUT2D eigenvalue weighted by atomic mass is 16.5. The molecule has 26 heavy (non-hydrogen) atoms. The highest BCUT2D eigenvalue weighted by Crippen LogP contribution is 2.35. The van der Waals surface area contributed by atoms with Gasteiger partial charge in [-0.1, -0.05) is 6.07 Å². The lowest BCUT2D eigenvalue weighted by atomic mass is 10.1. The first-order valence-electron chi connectivity index (χ1n) is 8.21. The maximum atomic E-state index is 5.96. The van der Waals surface area contributed by atoms with Crippen LogP contribution in [0, 0.1) is 0 Å². The Hall–Kier alpha value is -3.47. The zero-order valence-corrected chi connectivity index (χ0v) is 14.5. The Morgan fingerprint density at radius 3 is 2.38 bits per heavy atom. The SMILES string of the molecule is COc1ccc(Oc2ccc(-c3cnc4ccccn34)cc2OC)cc1. The molecular weight excluding hydrogens is 328 g/mol. The van der Waals surface area contributed by atoms with Gasteiger partial charge in [0.2, 0.25) is 0 Å². The predicted molar refractivity (Wildman–Crippen MR) is 100 cm³/mol. The summed E-state index contributed by atoms with van der Waals surface area (Å²) in [4.78, 5) is 4.44. The van der Waals surface area contributed by atoms with Crippen LogP contribution in [0.2, 0.25) is 0 Å². The molecule has 0 radical (unpaired) electrons. The highest BCUT2D eigenvalue weighted by Gasteiger charge is 2.11. The van der Waals surface area contributed by atoms with Crippen molar-refractivity contribution in [2.45, 2.75) is 0 Å². The van der Waals surface area contributed by atoms with Crippen molar-refractivity contribution in [2.24, 2.45) is 0 Å². The van der Waals surface area contributed by atoms with Gasteiger partial charge in [-0.3, -0.25) is 4.40 Å². The van der Waals surface area contributed by atoms with Gasteiger partial charge < -0.3 is 14.2 Å². The van der Waals surface area contributed by atoms with Gasteiger partial charge in [-0.15, -0.1) is 0 Å². The molecule has 0 N–H and O–H groups in total. The van der Waals surface area contributed by atoms with Crippen LogP contribution in [0.15, 0.2) is 73.1 Å². The van der Waals surface area contributed by atoms with Crippen molar-refractivity contribution in [3.05, 3.63) is 73.1 Å². The number of hydrogen-bond acceptors (Lipinski definition) is 4. The summed E-state index contributed by atoms with van der Waals surface area (Å²) in [6, 6.07) is 19.2. The molecule has 4 aromatic rings. The van der Waals surface area contributed by atoms with E-state index >= 15 is 0 Å². The Kier molecular flexibility index (Phi) is 4.19. The molecule has 2 aromatic carbocycles. The summed E-state index contributed by atoms with van der Waals surface area (Å²) in [5, 5.41) is 0. The number of pyridine rings is 1. The van der Waals surface area contributed by atoms with Gasteiger partial charge in [0.15, 0.2) is 11.5 Å². The van der Waals surface area contributed by atoms with Crippen LogP contribution in [0.5, 0.6) is 23.0 Å². The van der Waals surface area contributed by atoms with Crippen LogP contribution < -0.4 is 14.2 Å². The van der Waals surface area contributed by atoms with Gasteiger partial charge in [-0.05, 0) is 54.6 Å². The lowest BCUT2D eigenvalue weighted by Gasteiger charge is -2.12. The van der Waals surface area contributed by atoms with Gasteiger partial charge in [0, 0.05) is 11.8 Å². The molecule has 0 aliphatic rings. The number of hydrogen-bond donors (Lipinski definition) is 0. The van der Waals surface area contributed by atoms with E-state index in [0.717, 1.165) is 22.7 Å². The molecule has 0 spiro atoms. The first-order chi connectivity index (χ1) is 12.8. The van der Waals surface area contributed by atoms with Crippen LogP contribution in [0.3, 0.4) is 0 Å². The Labute approximate surface area is 151 Å². The van der Waals surface area contributed by atoms with E-state index in [1.807, 2.05) is 77.5 Å². The van der Waals surface area contributed by atoms with Gasteiger partial charge in [0.25, 0.3) is 0 Å². The molecule has 0 saturated carbocycles. The standard InChI is InChI=1S/C21H18N2O3/c1-24-16-7-9-17(10-8-16)26-19-11-6-15(13-20(19)25-2)18-14-22-21-5-3-4-12-23(18)21/h3-14H,1-2H3. The van der Waals surface area contributed by atoms with Gasteiger partial charge in [0.1, 0.15) is 17.1 Å². The van der Waals surface area contributed by atoms with Crippen LogP contribution in [0.4, 0.5) is 0 Å². The molecule has 130 valence electrons. The molecule has 5 heteroatoms. The zero-order valence-electron chi connectivity index (χ0n) is 14.5. The van der Waals surface area contributed by atoms with Crippen LogP contribution in [0.1, 0.15) is 0 Å². The van der Waals surface area contributed by atoms with E-state index in [4.69, 9.17) is 14.2 Å². The summed E-state index contributed by atoms with van der Waals surface area (Å²) in [6.07, 6.45) is 3.85. The third kappa shape index (κ3) is 2.95. The Balaban J connectivity index is 1.67. The third-order valence-electron chi connectivity index (χ3n) is 4.16. The summed E-state index contributed by atoms with van der Waals surface area (Å²) in [5.41, 5.74) is 2.90. The minimum Gasteiger partial charge on any atom is -0.497 e. The lowest BCUT2D eigenvalue weighted by molar-refractivity contribution is 0.378. The monoisotopic (exact) mass is 346 g/mol. The highest BCUT2D eigenvalue weighted by molar-refractivity contribution is 5.67. The number of rotatable bonds is 5. The molecule has 0 amide bonds. The molecule has 2 heterocycles. The molecule has 0 saturated heterocycles. The molecule has 0 aliphatic heterocycles. The van der Waals surface area contributed by atoms with Gasteiger partial charge in [-0.25, -0.2) is 4.98 Å². The van der Waals surface area contributed by atoms with Crippen LogP contribution in [-0.4, -0.2) is 23.6 Å². The predicted octanol–water partition coefficient (Wildman–Crippen LogP) is 4.81. The molecule has 4 rings (SSSR count). The second kappa shape index (κ2) is 6.80. The fourth-order valence-corrected chi connectivity index (χ4v) is 2.83. The van der Waals surface area contributed by atoms with Crippen molar-refractivity contribution in [1.29, 1.82) is 0 Å². The average molecular weight is 346 g/mol. The van der Waals surface area contributed by atoms with Crippen molar-refractivity contribution in [1.82, 2.24) is 9.38 Å². The van der Waals surface area contributed by atoms with E-state index < -0.39 is 0 Å². The smallest absolute Gasteiger partial charge is 0.169 e. The second-order valence-corrected chi connectivity index (χ2v) is 5.72. The lowest BCUT2D eigenvalue weighted by Crippen LogP contribution is -1.93. The van der Waals surface area contributed by atoms with Crippen LogP contribution >= 0.6 is 0 Å². The van der Waals surface area contributed by atoms with Crippen molar-refractivity contribution < 1.29 is 14.2 Å².